The van der Waals surface area contributed by atoms with Gasteiger partial charge in [0.2, 0.25) is 0 Å². The van der Waals surface area contributed by atoms with E-state index in [4.69, 9.17) is 0 Å². The van der Waals surface area contributed by atoms with Crippen LogP contribution >= 0.6 is 0 Å². The number of nitrogens with zero attached hydrogens (tertiary/aromatic N) is 1. The third kappa shape index (κ3) is 2.61. The summed E-state index contributed by atoms with van der Waals surface area (Å²) in [6.07, 6.45) is 0. The highest BCUT2D eigenvalue weighted by atomic mass is 16.1. The molecule has 0 aromatic carbocycles. The number of aromatic nitrogens is 1. The van der Waals surface area contributed by atoms with Crippen LogP contribution in [0.25, 0.3) is 0 Å². The fourth-order valence-electron chi connectivity index (χ4n) is 1.50. The van der Waals surface area contributed by atoms with Crippen molar-refractivity contribution >= 4 is 11.6 Å². The van der Waals surface area contributed by atoms with Crippen molar-refractivity contribution in [1.29, 1.82) is 0 Å². The van der Waals surface area contributed by atoms with Crippen LogP contribution in [0.3, 0.4) is 0 Å². The first-order valence-corrected chi connectivity index (χ1v) is 5.40. The van der Waals surface area contributed by atoms with E-state index in [1.165, 1.54) is 0 Å². The number of carbonyl (C=O) groups is 1. The quantitative estimate of drug-likeness (QED) is 0.772. The average molecular weight is 208 g/mol. The number of ketones is 1. The van der Waals surface area contributed by atoms with Gasteiger partial charge in [-0.15, -0.1) is 0 Å². The lowest BCUT2D eigenvalue weighted by molar-refractivity contribution is 0.0931. The Balaban J connectivity index is 2.94. The Kier molecular flexibility index (Phi) is 3.56. The summed E-state index contributed by atoms with van der Waals surface area (Å²) < 4.78 is 1.92. The molecule has 0 saturated carbocycles. The lowest BCUT2D eigenvalue weighted by atomic mass is 10.1. The van der Waals surface area contributed by atoms with Crippen LogP contribution in [0.5, 0.6) is 0 Å². The molecule has 3 heteroatoms. The highest BCUT2D eigenvalue weighted by molar-refractivity contribution is 5.96. The van der Waals surface area contributed by atoms with E-state index in [0.717, 1.165) is 11.5 Å². The van der Waals surface area contributed by atoms with Crippen LogP contribution in [0.1, 0.15) is 38.2 Å². The summed E-state index contributed by atoms with van der Waals surface area (Å²) in [5.41, 5.74) is 0.771. The molecule has 0 aliphatic rings. The van der Waals surface area contributed by atoms with Gasteiger partial charge in [-0.05, 0) is 26.0 Å². The number of anilines is 1. The maximum absolute atomic E-state index is 11.8. The van der Waals surface area contributed by atoms with Crippen LogP contribution in [0, 0.1) is 5.92 Å². The first-order chi connectivity index (χ1) is 6.93. The first kappa shape index (κ1) is 11.8. The largest absolute Gasteiger partial charge is 0.369 e. The number of carbonyl (C=O) groups excluding carboxylic acids is 1. The summed E-state index contributed by atoms with van der Waals surface area (Å²) in [5.74, 6) is 1.23. The fraction of sp³-hybridized carbons (Fsp3) is 0.583. The summed E-state index contributed by atoms with van der Waals surface area (Å²) in [4.78, 5) is 11.8. The lowest BCUT2D eigenvalue weighted by Gasteiger charge is -2.12. The predicted molar refractivity (Wildman–Crippen MR) is 63.3 cm³/mol. The van der Waals surface area contributed by atoms with Crippen LogP contribution in [0.2, 0.25) is 0 Å². The Bertz CT molecular complexity index is 351. The van der Waals surface area contributed by atoms with E-state index in [1.807, 2.05) is 37.6 Å². The number of hydrogen-bond acceptors (Lipinski definition) is 2. The minimum absolute atomic E-state index is 0.0468. The zero-order valence-electron chi connectivity index (χ0n) is 10.2. The van der Waals surface area contributed by atoms with Crippen LogP contribution in [-0.2, 0) is 7.05 Å². The molecular formula is C12H20N2O. The normalized spacial score (nSPS) is 11.1. The molecule has 0 spiro atoms. The van der Waals surface area contributed by atoms with Gasteiger partial charge in [0.25, 0.3) is 0 Å². The van der Waals surface area contributed by atoms with Gasteiger partial charge in [0.05, 0.1) is 5.69 Å². The van der Waals surface area contributed by atoms with E-state index in [0.29, 0.717) is 6.04 Å². The maximum atomic E-state index is 11.8. The molecule has 1 heterocycles. The third-order valence-corrected chi connectivity index (χ3v) is 2.34. The Labute approximate surface area is 91.5 Å². The van der Waals surface area contributed by atoms with Crippen molar-refractivity contribution in [3.05, 3.63) is 17.8 Å². The smallest absolute Gasteiger partial charge is 0.181 e. The van der Waals surface area contributed by atoms with Crippen LogP contribution in [-0.4, -0.2) is 16.4 Å². The summed E-state index contributed by atoms with van der Waals surface area (Å²) in [6.45, 7) is 8.00. The van der Waals surface area contributed by atoms with Crippen molar-refractivity contribution in [1.82, 2.24) is 4.57 Å². The molecule has 3 nitrogen and oxygen atoms in total. The molecular weight excluding hydrogens is 188 g/mol. The van der Waals surface area contributed by atoms with Crippen molar-refractivity contribution in [2.45, 2.75) is 33.7 Å². The van der Waals surface area contributed by atoms with E-state index in [-0.39, 0.29) is 11.7 Å². The summed E-state index contributed by atoms with van der Waals surface area (Å²) in [5, 5.41) is 3.30. The van der Waals surface area contributed by atoms with Crippen molar-refractivity contribution in [2.75, 3.05) is 5.32 Å². The minimum atomic E-state index is 0.0468. The average Bonchev–Trinajstić information content (AvgIpc) is 2.46. The van der Waals surface area contributed by atoms with Gasteiger partial charge in [-0.25, -0.2) is 0 Å². The van der Waals surface area contributed by atoms with E-state index in [1.54, 1.807) is 0 Å². The van der Waals surface area contributed by atoms with Gasteiger partial charge in [0.1, 0.15) is 5.82 Å². The van der Waals surface area contributed by atoms with Crippen LogP contribution in [0.4, 0.5) is 5.82 Å². The van der Waals surface area contributed by atoms with E-state index in [2.05, 4.69) is 19.2 Å². The van der Waals surface area contributed by atoms with Crippen LogP contribution in [0.15, 0.2) is 12.1 Å². The standard InChI is InChI=1S/C12H20N2O/c1-8(2)12(15)10-6-7-11(14(10)5)13-9(3)4/h6-9,13H,1-5H3. The highest BCUT2D eigenvalue weighted by Crippen LogP contribution is 2.16. The zero-order valence-corrected chi connectivity index (χ0v) is 10.2. The second-order valence-corrected chi connectivity index (χ2v) is 4.48. The molecule has 0 amide bonds. The molecule has 1 aromatic heterocycles. The molecule has 1 rings (SSSR count). The van der Waals surface area contributed by atoms with Gasteiger partial charge >= 0.3 is 0 Å². The molecule has 15 heavy (non-hydrogen) atoms. The zero-order chi connectivity index (χ0) is 11.6. The van der Waals surface area contributed by atoms with Crippen molar-refractivity contribution in [2.24, 2.45) is 13.0 Å². The van der Waals surface area contributed by atoms with Gasteiger partial charge < -0.3 is 9.88 Å². The van der Waals surface area contributed by atoms with E-state index in [9.17, 15) is 4.79 Å². The van der Waals surface area contributed by atoms with Gasteiger partial charge in [0, 0.05) is 19.0 Å². The number of Topliss-reactive ketones (excluding diaryl/α,β-unsaturated/α-hetero) is 1. The molecule has 84 valence electrons. The molecule has 1 aromatic rings. The lowest BCUT2D eigenvalue weighted by Crippen LogP contribution is -2.16. The molecule has 0 radical (unpaired) electrons. The third-order valence-electron chi connectivity index (χ3n) is 2.34. The minimum Gasteiger partial charge on any atom is -0.369 e. The predicted octanol–water partition coefficient (Wildman–Crippen LogP) is 2.68. The van der Waals surface area contributed by atoms with Crippen LogP contribution < -0.4 is 5.32 Å². The summed E-state index contributed by atoms with van der Waals surface area (Å²) in [6, 6.07) is 4.21. The fourth-order valence-corrected chi connectivity index (χ4v) is 1.50. The topological polar surface area (TPSA) is 34.0 Å². The molecule has 0 fully saturated rings. The molecule has 0 aliphatic heterocycles. The molecule has 0 bridgehead atoms. The van der Waals surface area contributed by atoms with Crippen molar-refractivity contribution < 1.29 is 4.79 Å². The second-order valence-electron chi connectivity index (χ2n) is 4.48. The highest BCUT2D eigenvalue weighted by Gasteiger charge is 2.15. The summed E-state index contributed by atoms with van der Waals surface area (Å²) in [7, 11) is 1.92. The second kappa shape index (κ2) is 4.51. The van der Waals surface area contributed by atoms with E-state index < -0.39 is 0 Å². The molecule has 0 saturated heterocycles. The Morgan fingerprint density at radius 3 is 2.33 bits per heavy atom. The number of nitrogens with one attached hydrogen (secondary N) is 1. The van der Waals surface area contributed by atoms with Gasteiger partial charge in [-0.2, -0.15) is 0 Å². The number of hydrogen-bond donors (Lipinski definition) is 1. The Hall–Kier alpha value is -1.25. The Morgan fingerprint density at radius 2 is 1.87 bits per heavy atom. The van der Waals surface area contributed by atoms with Gasteiger partial charge in [-0.3, -0.25) is 4.79 Å². The summed E-state index contributed by atoms with van der Waals surface area (Å²) >= 11 is 0. The van der Waals surface area contributed by atoms with Gasteiger partial charge in [0.15, 0.2) is 5.78 Å². The Morgan fingerprint density at radius 1 is 1.27 bits per heavy atom. The maximum Gasteiger partial charge on any atom is 0.181 e. The first-order valence-electron chi connectivity index (χ1n) is 5.40. The molecule has 0 aliphatic carbocycles. The molecule has 0 unspecified atom stereocenters. The van der Waals surface area contributed by atoms with Crippen molar-refractivity contribution in [3.63, 3.8) is 0 Å². The number of rotatable bonds is 4. The monoisotopic (exact) mass is 208 g/mol. The van der Waals surface area contributed by atoms with Gasteiger partial charge in [-0.1, -0.05) is 13.8 Å². The molecule has 1 N–H and O–H groups in total. The van der Waals surface area contributed by atoms with Crippen molar-refractivity contribution in [3.8, 4) is 0 Å². The SMILES string of the molecule is CC(C)Nc1ccc(C(=O)C(C)C)n1C. The molecule has 0 atom stereocenters. The van der Waals surface area contributed by atoms with E-state index >= 15 is 0 Å².